The normalized spacial score (nSPS) is 11.9. The van der Waals surface area contributed by atoms with E-state index in [1.54, 1.807) is 12.4 Å². The Morgan fingerprint density at radius 2 is 2.06 bits per heavy atom. The van der Waals surface area contributed by atoms with Gasteiger partial charge in [0.15, 0.2) is 0 Å². The van der Waals surface area contributed by atoms with Crippen LogP contribution in [-0.4, -0.2) is 17.6 Å². The van der Waals surface area contributed by atoms with Crippen LogP contribution in [0.5, 0.6) is 5.75 Å². The molecular weight excluding hydrogens is 292 g/mol. The van der Waals surface area contributed by atoms with Crippen LogP contribution in [0.15, 0.2) is 53.3 Å². The summed E-state index contributed by atoms with van der Waals surface area (Å²) in [4.78, 5) is 4.06. The third-order valence-corrected chi connectivity index (χ3v) is 2.82. The van der Waals surface area contributed by atoms with Crippen molar-refractivity contribution in [3.8, 4) is 5.75 Å². The number of nitrogens with zero attached hydrogens (tertiary/aromatic N) is 1. The molecule has 1 unspecified atom stereocenters. The maximum atomic E-state index is 5.76. The number of halogens is 1. The summed E-state index contributed by atoms with van der Waals surface area (Å²) >= 11 is 3.37. The van der Waals surface area contributed by atoms with Crippen molar-refractivity contribution in [3.05, 3.63) is 53.3 Å². The number of hydrogen-bond donors (Lipinski definition) is 1. The highest BCUT2D eigenvalue weighted by Gasteiger charge is 2.04. The molecule has 0 saturated carbocycles. The molecule has 0 aliphatic carbocycles. The van der Waals surface area contributed by atoms with Crippen LogP contribution < -0.4 is 10.1 Å². The lowest BCUT2D eigenvalue weighted by Gasteiger charge is -2.16. The lowest BCUT2D eigenvalue weighted by atomic mass is 10.3. The van der Waals surface area contributed by atoms with Crippen molar-refractivity contribution in [2.45, 2.75) is 13.0 Å². The first kappa shape index (κ1) is 12.9. The second-order valence-corrected chi connectivity index (χ2v) is 4.93. The Kier molecular flexibility index (Phi) is 4.59. The van der Waals surface area contributed by atoms with Crippen LogP contribution in [0, 0.1) is 0 Å². The van der Waals surface area contributed by atoms with Gasteiger partial charge in [-0.1, -0.05) is 18.2 Å². The highest BCUT2D eigenvalue weighted by atomic mass is 79.9. The second-order valence-electron chi connectivity index (χ2n) is 4.01. The van der Waals surface area contributed by atoms with E-state index in [2.05, 4.69) is 26.2 Å². The topological polar surface area (TPSA) is 34.1 Å². The van der Waals surface area contributed by atoms with Gasteiger partial charge in [0.1, 0.15) is 11.9 Å². The predicted molar refractivity (Wildman–Crippen MR) is 77.0 cm³/mol. The van der Waals surface area contributed by atoms with Crippen molar-refractivity contribution in [2.75, 3.05) is 11.9 Å². The van der Waals surface area contributed by atoms with Gasteiger partial charge < -0.3 is 10.1 Å². The molecule has 3 nitrogen and oxygen atoms in total. The standard InChI is InChI=1S/C14H15BrN2O/c1-11(8-17-13-5-3-2-4-6-13)18-14-7-12(15)9-16-10-14/h2-7,9-11,17H,8H2,1H3. The van der Waals surface area contributed by atoms with E-state index in [0.717, 1.165) is 22.5 Å². The molecule has 1 atom stereocenters. The van der Waals surface area contributed by atoms with Crippen LogP contribution in [0.1, 0.15) is 6.92 Å². The highest BCUT2D eigenvalue weighted by molar-refractivity contribution is 9.10. The minimum Gasteiger partial charge on any atom is -0.487 e. The molecule has 2 rings (SSSR count). The molecule has 0 radical (unpaired) electrons. The van der Waals surface area contributed by atoms with Crippen molar-refractivity contribution in [2.24, 2.45) is 0 Å². The molecule has 1 heterocycles. The summed E-state index contributed by atoms with van der Waals surface area (Å²) in [6, 6.07) is 12.0. The predicted octanol–water partition coefficient (Wildman–Crippen LogP) is 3.72. The third kappa shape index (κ3) is 4.04. The molecule has 0 aliphatic heterocycles. The van der Waals surface area contributed by atoms with Gasteiger partial charge in [0, 0.05) is 16.4 Å². The van der Waals surface area contributed by atoms with E-state index in [1.807, 2.05) is 43.3 Å². The largest absolute Gasteiger partial charge is 0.487 e. The minimum absolute atomic E-state index is 0.0707. The molecule has 0 fully saturated rings. The SMILES string of the molecule is CC(CNc1ccccc1)Oc1cncc(Br)c1. The van der Waals surface area contributed by atoms with Gasteiger partial charge in [-0.25, -0.2) is 0 Å². The first-order valence-electron chi connectivity index (χ1n) is 5.80. The summed E-state index contributed by atoms with van der Waals surface area (Å²) in [6.07, 6.45) is 3.52. The Balaban J connectivity index is 1.84. The first-order chi connectivity index (χ1) is 8.74. The fourth-order valence-electron chi connectivity index (χ4n) is 1.55. The Morgan fingerprint density at radius 1 is 1.28 bits per heavy atom. The molecule has 2 aromatic rings. The number of hydrogen-bond acceptors (Lipinski definition) is 3. The van der Waals surface area contributed by atoms with E-state index in [4.69, 9.17) is 4.74 Å². The van der Waals surface area contributed by atoms with Crippen molar-refractivity contribution in [1.82, 2.24) is 4.98 Å². The Morgan fingerprint density at radius 3 is 2.78 bits per heavy atom. The fourth-order valence-corrected chi connectivity index (χ4v) is 1.89. The zero-order valence-electron chi connectivity index (χ0n) is 10.1. The van der Waals surface area contributed by atoms with Crippen molar-refractivity contribution >= 4 is 21.6 Å². The zero-order chi connectivity index (χ0) is 12.8. The van der Waals surface area contributed by atoms with Gasteiger partial charge in [0.25, 0.3) is 0 Å². The molecule has 0 aliphatic rings. The van der Waals surface area contributed by atoms with Gasteiger partial charge in [-0.15, -0.1) is 0 Å². The summed E-state index contributed by atoms with van der Waals surface area (Å²) in [5, 5.41) is 3.32. The van der Waals surface area contributed by atoms with E-state index in [9.17, 15) is 0 Å². The van der Waals surface area contributed by atoms with E-state index in [0.29, 0.717) is 0 Å². The number of pyridine rings is 1. The van der Waals surface area contributed by atoms with Crippen LogP contribution in [-0.2, 0) is 0 Å². The summed E-state index contributed by atoms with van der Waals surface area (Å²) in [7, 11) is 0. The number of aromatic nitrogens is 1. The van der Waals surface area contributed by atoms with Crippen molar-refractivity contribution < 1.29 is 4.74 Å². The summed E-state index contributed by atoms with van der Waals surface area (Å²) < 4.78 is 6.68. The van der Waals surface area contributed by atoms with Gasteiger partial charge in [-0.2, -0.15) is 0 Å². The third-order valence-electron chi connectivity index (χ3n) is 2.38. The number of nitrogens with one attached hydrogen (secondary N) is 1. The number of ether oxygens (including phenoxy) is 1. The number of para-hydroxylation sites is 1. The molecule has 4 heteroatoms. The summed E-state index contributed by atoms with van der Waals surface area (Å²) in [6.45, 7) is 2.77. The van der Waals surface area contributed by atoms with E-state index >= 15 is 0 Å². The molecule has 0 spiro atoms. The highest BCUT2D eigenvalue weighted by Crippen LogP contribution is 2.17. The zero-order valence-corrected chi connectivity index (χ0v) is 11.7. The summed E-state index contributed by atoms with van der Waals surface area (Å²) in [5.41, 5.74) is 1.10. The maximum Gasteiger partial charge on any atom is 0.139 e. The molecular formula is C14H15BrN2O. The van der Waals surface area contributed by atoms with Gasteiger partial charge in [-0.05, 0) is 41.1 Å². The van der Waals surface area contributed by atoms with Gasteiger partial charge in [0.05, 0.1) is 12.7 Å². The minimum atomic E-state index is 0.0707. The Hall–Kier alpha value is -1.55. The van der Waals surface area contributed by atoms with Crippen LogP contribution in [0.4, 0.5) is 5.69 Å². The van der Waals surface area contributed by atoms with Crippen molar-refractivity contribution in [3.63, 3.8) is 0 Å². The quantitative estimate of drug-likeness (QED) is 0.914. The van der Waals surface area contributed by atoms with Crippen molar-refractivity contribution in [1.29, 1.82) is 0 Å². The average molecular weight is 307 g/mol. The van der Waals surface area contributed by atoms with Crippen LogP contribution in [0.3, 0.4) is 0 Å². The second kappa shape index (κ2) is 6.40. The van der Waals surface area contributed by atoms with E-state index in [-0.39, 0.29) is 6.10 Å². The first-order valence-corrected chi connectivity index (χ1v) is 6.59. The van der Waals surface area contributed by atoms with Crippen LogP contribution in [0.25, 0.3) is 0 Å². The van der Waals surface area contributed by atoms with Gasteiger partial charge in [0.2, 0.25) is 0 Å². The number of anilines is 1. The molecule has 1 N–H and O–H groups in total. The smallest absolute Gasteiger partial charge is 0.139 e. The molecule has 0 bridgehead atoms. The maximum absolute atomic E-state index is 5.76. The van der Waals surface area contributed by atoms with Crippen LogP contribution in [0.2, 0.25) is 0 Å². The van der Waals surface area contributed by atoms with E-state index < -0.39 is 0 Å². The van der Waals surface area contributed by atoms with E-state index in [1.165, 1.54) is 0 Å². The monoisotopic (exact) mass is 306 g/mol. The number of benzene rings is 1. The molecule has 94 valence electrons. The Labute approximate surface area is 115 Å². The molecule has 0 amide bonds. The number of rotatable bonds is 5. The van der Waals surface area contributed by atoms with Gasteiger partial charge >= 0.3 is 0 Å². The molecule has 1 aromatic carbocycles. The lowest BCUT2D eigenvalue weighted by Crippen LogP contribution is -2.22. The summed E-state index contributed by atoms with van der Waals surface area (Å²) in [5.74, 6) is 0.770. The lowest BCUT2D eigenvalue weighted by molar-refractivity contribution is 0.233. The van der Waals surface area contributed by atoms with Crippen LogP contribution >= 0.6 is 15.9 Å². The Bertz CT molecular complexity index is 490. The molecule has 0 saturated heterocycles. The molecule has 1 aromatic heterocycles. The fraction of sp³-hybridized carbons (Fsp3) is 0.214. The molecule has 18 heavy (non-hydrogen) atoms. The van der Waals surface area contributed by atoms with Gasteiger partial charge in [-0.3, -0.25) is 4.98 Å². The average Bonchev–Trinajstić information content (AvgIpc) is 2.38.